The average molecular weight is 294 g/mol. The Bertz CT molecular complexity index is 684. The Hall–Kier alpha value is -2.30. The van der Waals surface area contributed by atoms with Gasteiger partial charge in [-0.2, -0.15) is 0 Å². The molecule has 0 bridgehead atoms. The van der Waals surface area contributed by atoms with Crippen LogP contribution in [0.2, 0.25) is 0 Å². The lowest BCUT2D eigenvalue weighted by Crippen LogP contribution is -2.35. The first kappa shape index (κ1) is 14.6. The van der Waals surface area contributed by atoms with Crippen molar-refractivity contribution in [2.45, 2.75) is 18.6 Å². The van der Waals surface area contributed by atoms with Crippen molar-refractivity contribution in [1.82, 2.24) is 4.90 Å². The monoisotopic (exact) mass is 294 g/mol. The molecule has 0 aromatic heterocycles. The number of hydrogen-bond donors (Lipinski definition) is 1. The van der Waals surface area contributed by atoms with Gasteiger partial charge in [-0.25, -0.2) is 0 Å². The van der Waals surface area contributed by atoms with E-state index in [1.54, 1.807) is 0 Å². The van der Waals surface area contributed by atoms with Crippen molar-refractivity contribution in [3.63, 3.8) is 0 Å². The number of fused-ring (bicyclic) bond motifs is 1. The summed E-state index contributed by atoms with van der Waals surface area (Å²) in [5.41, 5.74) is 9.30. The zero-order chi connectivity index (χ0) is 15.5. The van der Waals surface area contributed by atoms with Crippen LogP contribution in [0.5, 0.6) is 0 Å². The molecule has 0 amide bonds. The third-order valence-electron chi connectivity index (χ3n) is 4.13. The lowest BCUT2D eigenvalue weighted by Gasteiger charge is -2.25. The molecule has 1 aliphatic rings. The average Bonchev–Trinajstić information content (AvgIpc) is 2.92. The van der Waals surface area contributed by atoms with Gasteiger partial charge in [-0.3, -0.25) is 14.5 Å². The number of nitrogens with zero attached hydrogens (tertiary/aromatic N) is 1. The fourth-order valence-electron chi connectivity index (χ4n) is 3.08. The molecule has 1 heterocycles. The van der Waals surface area contributed by atoms with Gasteiger partial charge in [-0.15, -0.1) is 0 Å². The Balaban J connectivity index is 1.84. The van der Waals surface area contributed by atoms with Gasteiger partial charge in [0.15, 0.2) is 6.29 Å². The lowest BCUT2D eigenvalue weighted by molar-refractivity contribution is -0.133. The molecule has 0 aliphatic carbocycles. The molecule has 2 aromatic carbocycles. The summed E-state index contributed by atoms with van der Waals surface area (Å²) in [7, 11) is 0. The van der Waals surface area contributed by atoms with Gasteiger partial charge < -0.3 is 5.73 Å². The Kier molecular flexibility index (Phi) is 4.13. The molecule has 1 aliphatic heterocycles. The minimum Gasteiger partial charge on any atom is -0.323 e. The summed E-state index contributed by atoms with van der Waals surface area (Å²) < 4.78 is 0. The molecule has 112 valence electrons. The minimum atomic E-state index is -0.511. The second kappa shape index (κ2) is 6.22. The van der Waals surface area contributed by atoms with E-state index in [1.165, 1.54) is 0 Å². The molecule has 2 aromatic rings. The van der Waals surface area contributed by atoms with Gasteiger partial charge in [-0.05, 0) is 16.7 Å². The second-order valence-corrected chi connectivity index (χ2v) is 5.57. The topological polar surface area (TPSA) is 63.4 Å². The van der Waals surface area contributed by atoms with Crippen LogP contribution in [0.3, 0.4) is 0 Å². The molecule has 0 fully saturated rings. The number of benzene rings is 2. The van der Waals surface area contributed by atoms with Gasteiger partial charge in [0.1, 0.15) is 6.04 Å². The van der Waals surface area contributed by atoms with E-state index in [2.05, 4.69) is 0 Å². The standard InChI is InChI=1S/C18H18N2O2/c19-16(13-6-2-1-3-7-13)11-20-10-14-8-4-5-9-15(14)18(20)17(22)12-21/h1-9,12,16,18H,10-11,19H2. The predicted molar refractivity (Wildman–Crippen MR) is 84.0 cm³/mol. The van der Waals surface area contributed by atoms with E-state index in [4.69, 9.17) is 5.73 Å². The molecule has 2 atom stereocenters. The first-order valence-electron chi connectivity index (χ1n) is 7.32. The fourth-order valence-corrected chi connectivity index (χ4v) is 3.08. The van der Waals surface area contributed by atoms with Crippen molar-refractivity contribution in [2.24, 2.45) is 5.73 Å². The quantitative estimate of drug-likeness (QED) is 0.677. The van der Waals surface area contributed by atoms with E-state index >= 15 is 0 Å². The van der Waals surface area contributed by atoms with E-state index in [0.717, 1.165) is 16.7 Å². The van der Waals surface area contributed by atoms with Crippen LogP contribution in [-0.2, 0) is 16.1 Å². The van der Waals surface area contributed by atoms with Gasteiger partial charge in [0.05, 0.1) is 0 Å². The van der Waals surface area contributed by atoms with Crippen molar-refractivity contribution < 1.29 is 9.59 Å². The number of carbonyl (C=O) groups is 2. The minimum absolute atomic E-state index is 0.197. The van der Waals surface area contributed by atoms with Gasteiger partial charge in [0.2, 0.25) is 5.78 Å². The highest BCUT2D eigenvalue weighted by Crippen LogP contribution is 2.34. The normalized spacial score (nSPS) is 18.7. The van der Waals surface area contributed by atoms with Crippen LogP contribution in [0.15, 0.2) is 54.6 Å². The summed E-state index contributed by atoms with van der Waals surface area (Å²) in [5.74, 6) is -0.412. The van der Waals surface area contributed by atoms with E-state index < -0.39 is 11.8 Å². The number of nitrogens with two attached hydrogens (primary N) is 1. The maximum Gasteiger partial charge on any atom is 0.216 e. The highest BCUT2D eigenvalue weighted by molar-refractivity contribution is 6.27. The highest BCUT2D eigenvalue weighted by atomic mass is 16.2. The van der Waals surface area contributed by atoms with Gasteiger partial charge in [0.25, 0.3) is 0 Å². The number of aldehydes is 1. The lowest BCUT2D eigenvalue weighted by atomic mass is 10.0. The Morgan fingerprint density at radius 3 is 2.59 bits per heavy atom. The summed E-state index contributed by atoms with van der Waals surface area (Å²) in [4.78, 5) is 25.0. The zero-order valence-corrected chi connectivity index (χ0v) is 12.2. The molecule has 2 unspecified atom stereocenters. The molecule has 0 radical (unpaired) electrons. The number of ketones is 1. The van der Waals surface area contributed by atoms with Crippen LogP contribution in [0.25, 0.3) is 0 Å². The molecule has 0 saturated heterocycles. The van der Waals surface area contributed by atoms with E-state index in [-0.39, 0.29) is 6.04 Å². The third-order valence-corrected chi connectivity index (χ3v) is 4.13. The van der Waals surface area contributed by atoms with Gasteiger partial charge in [0, 0.05) is 19.1 Å². The van der Waals surface area contributed by atoms with Crippen LogP contribution in [0.4, 0.5) is 0 Å². The molecule has 22 heavy (non-hydrogen) atoms. The summed E-state index contributed by atoms with van der Waals surface area (Å²) in [6.45, 7) is 1.17. The van der Waals surface area contributed by atoms with Crippen molar-refractivity contribution in [2.75, 3.05) is 6.54 Å². The first-order chi connectivity index (χ1) is 10.7. The SMILES string of the molecule is NC(CN1Cc2ccccc2C1C(=O)C=O)c1ccccc1. The maximum atomic E-state index is 12.1. The molecule has 2 N–H and O–H groups in total. The van der Waals surface area contributed by atoms with Crippen molar-refractivity contribution in [3.8, 4) is 0 Å². The number of rotatable bonds is 5. The van der Waals surface area contributed by atoms with E-state index in [9.17, 15) is 9.59 Å². The molecular weight excluding hydrogens is 276 g/mol. The number of Topliss-reactive ketones (excluding diaryl/α,β-unsaturated/α-hetero) is 1. The van der Waals surface area contributed by atoms with Crippen LogP contribution in [-0.4, -0.2) is 23.5 Å². The summed E-state index contributed by atoms with van der Waals surface area (Å²) >= 11 is 0. The zero-order valence-electron chi connectivity index (χ0n) is 12.2. The van der Waals surface area contributed by atoms with Crippen LogP contribution in [0, 0.1) is 0 Å². The predicted octanol–water partition coefficient (Wildman–Crippen LogP) is 2.01. The largest absolute Gasteiger partial charge is 0.323 e. The van der Waals surface area contributed by atoms with Gasteiger partial charge in [-0.1, -0.05) is 54.6 Å². The van der Waals surface area contributed by atoms with Crippen molar-refractivity contribution in [3.05, 3.63) is 71.3 Å². The molecule has 4 heteroatoms. The van der Waals surface area contributed by atoms with Crippen LogP contribution in [0.1, 0.15) is 28.8 Å². The van der Waals surface area contributed by atoms with Crippen LogP contribution >= 0.6 is 0 Å². The summed E-state index contributed by atoms with van der Waals surface area (Å²) in [6, 6.07) is 16.8. The number of carbonyl (C=O) groups excluding carboxylic acids is 2. The van der Waals surface area contributed by atoms with E-state index in [0.29, 0.717) is 19.4 Å². The Morgan fingerprint density at radius 1 is 1.18 bits per heavy atom. The second-order valence-electron chi connectivity index (χ2n) is 5.57. The molecule has 0 spiro atoms. The first-order valence-corrected chi connectivity index (χ1v) is 7.32. The Morgan fingerprint density at radius 2 is 1.86 bits per heavy atom. The van der Waals surface area contributed by atoms with Crippen molar-refractivity contribution in [1.29, 1.82) is 0 Å². The molecule has 4 nitrogen and oxygen atoms in total. The van der Waals surface area contributed by atoms with E-state index in [1.807, 2.05) is 59.5 Å². The molecule has 0 saturated carbocycles. The third kappa shape index (κ3) is 2.71. The fraction of sp³-hybridized carbons (Fsp3) is 0.222. The Labute approximate surface area is 129 Å². The highest BCUT2D eigenvalue weighted by Gasteiger charge is 2.35. The smallest absolute Gasteiger partial charge is 0.216 e. The summed E-state index contributed by atoms with van der Waals surface area (Å²) in [6.07, 6.45) is 0.411. The van der Waals surface area contributed by atoms with Gasteiger partial charge >= 0.3 is 0 Å². The molecule has 3 rings (SSSR count). The summed E-state index contributed by atoms with van der Waals surface area (Å²) in [5, 5.41) is 0. The van der Waals surface area contributed by atoms with Crippen LogP contribution < -0.4 is 5.73 Å². The maximum absolute atomic E-state index is 12.1. The van der Waals surface area contributed by atoms with Crippen molar-refractivity contribution >= 4 is 12.1 Å². The molecular formula is C18H18N2O2. The number of hydrogen-bond acceptors (Lipinski definition) is 4.